The number of carbonyl (C=O) groups excluding carboxylic acids is 1. The van der Waals surface area contributed by atoms with Gasteiger partial charge in [-0.2, -0.15) is 0 Å². The van der Waals surface area contributed by atoms with Gasteiger partial charge in [0, 0.05) is 56.6 Å². The van der Waals surface area contributed by atoms with Crippen LogP contribution in [0.5, 0.6) is 0 Å². The van der Waals surface area contributed by atoms with Crippen LogP contribution in [0, 0.1) is 24.0 Å². The molecular weight excluding hydrogens is 420 g/mol. The fourth-order valence-corrected chi connectivity index (χ4v) is 4.39. The van der Waals surface area contributed by atoms with Gasteiger partial charge in [0.1, 0.15) is 11.3 Å². The quantitative estimate of drug-likeness (QED) is 0.459. The number of nitrogens with zero attached hydrogens (tertiary/aromatic N) is 5. The van der Waals surface area contributed by atoms with E-state index in [1.807, 2.05) is 6.92 Å². The maximum absolute atomic E-state index is 13.1. The van der Waals surface area contributed by atoms with Crippen molar-refractivity contribution >= 4 is 22.9 Å². The molecule has 0 spiro atoms. The smallest absolute Gasteiger partial charge is 0.293 e. The van der Waals surface area contributed by atoms with Gasteiger partial charge in [0.25, 0.3) is 11.6 Å². The Bertz CT molecular complexity index is 1220. The zero-order chi connectivity index (χ0) is 23.1. The minimum atomic E-state index is -0.418. The van der Waals surface area contributed by atoms with Crippen molar-refractivity contribution in [2.24, 2.45) is 0 Å². The molecule has 172 valence electrons. The molecule has 3 aromatic rings. The Morgan fingerprint density at radius 2 is 1.91 bits per heavy atom. The van der Waals surface area contributed by atoms with Crippen LogP contribution in [-0.4, -0.2) is 62.2 Å². The van der Waals surface area contributed by atoms with Crippen LogP contribution >= 0.6 is 0 Å². The summed E-state index contributed by atoms with van der Waals surface area (Å²) in [5.41, 5.74) is 5.14. The summed E-state index contributed by atoms with van der Waals surface area (Å²) >= 11 is 0. The summed E-state index contributed by atoms with van der Waals surface area (Å²) in [7, 11) is 0. The van der Waals surface area contributed by atoms with E-state index in [-0.39, 0.29) is 11.6 Å². The predicted molar refractivity (Wildman–Crippen MR) is 126 cm³/mol. The predicted octanol–water partition coefficient (Wildman–Crippen LogP) is 3.39. The van der Waals surface area contributed by atoms with E-state index in [1.54, 1.807) is 17.0 Å². The van der Waals surface area contributed by atoms with E-state index in [1.165, 1.54) is 17.3 Å². The lowest BCUT2D eigenvalue weighted by molar-refractivity contribution is -0.384. The number of anilines is 1. The summed E-state index contributed by atoms with van der Waals surface area (Å²) in [4.78, 5) is 33.0. The summed E-state index contributed by atoms with van der Waals surface area (Å²) in [5.74, 6) is -0.155. The fourth-order valence-electron chi connectivity index (χ4n) is 4.39. The van der Waals surface area contributed by atoms with Gasteiger partial charge >= 0.3 is 0 Å². The number of piperazine rings is 1. The Kier molecular flexibility index (Phi) is 5.49. The van der Waals surface area contributed by atoms with E-state index in [4.69, 9.17) is 0 Å². The zero-order valence-corrected chi connectivity index (χ0v) is 19.0. The number of aromatic nitrogens is 2. The van der Waals surface area contributed by atoms with E-state index < -0.39 is 4.92 Å². The number of nitro benzene ring substituents is 1. The van der Waals surface area contributed by atoms with Crippen molar-refractivity contribution in [3.63, 3.8) is 0 Å². The molecule has 1 saturated heterocycles. The van der Waals surface area contributed by atoms with E-state index in [0.29, 0.717) is 30.4 Å². The van der Waals surface area contributed by atoms with E-state index >= 15 is 0 Å². The second kappa shape index (κ2) is 8.47. The Labute approximate surface area is 192 Å². The number of aryl methyl sites for hydroxylation is 2. The van der Waals surface area contributed by atoms with Crippen molar-refractivity contribution < 1.29 is 9.72 Å². The highest BCUT2D eigenvalue weighted by Crippen LogP contribution is 2.32. The third-order valence-electron chi connectivity index (χ3n) is 6.49. The summed E-state index contributed by atoms with van der Waals surface area (Å²) in [6, 6.07) is 9.23. The van der Waals surface area contributed by atoms with Crippen LogP contribution < -0.4 is 5.32 Å². The average molecular weight is 449 g/mol. The first-order valence-electron chi connectivity index (χ1n) is 11.4. The molecule has 9 heteroatoms. The number of nitrogens with one attached hydrogen (secondary N) is 1. The number of pyridine rings is 1. The topological polar surface area (TPSA) is 96.0 Å². The molecule has 1 aliphatic heterocycles. The van der Waals surface area contributed by atoms with Crippen LogP contribution in [0.3, 0.4) is 0 Å². The normalized spacial score (nSPS) is 16.8. The number of nitro groups is 1. The molecule has 0 unspecified atom stereocenters. The number of benzene rings is 1. The largest absolute Gasteiger partial charge is 0.377 e. The van der Waals surface area contributed by atoms with E-state index in [9.17, 15) is 14.9 Å². The molecule has 1 N–H and O–H groups in total. The SMILES string of the molecule is Cc1ccn2c(CN3CCN(C(=O)c4ccc(NC5CC5)c([N+](=O)[O-])c4)CC3)c(C)nc2c1. The first-order chi connectivity index (χ1) is 15.9. The van der Waals surface area contributed by atoms with Gasteiger partial charge < -0.3 is 14.6 Å². The number of hydrogen-bond donors (Lipinski definition) is 1. The molecule has 9 nitrogen and oxygen atoms in total. The lowest BCUT2D eigenvalue weighted by Gasteiger charge is -2.34. The maximum Gasteiger partial charge on any atom is 0.293 e. The molecule has 2 fully saturated rings. The Morgan fingerprint density at radius 1 is 1.15 bits per heavy atom. The van der Waals surface area contributed by atoms with Crippen molar-refractivity contribution in [2.45, 2.75) is 39.3 Å². The zero-order valence-electron chi connectivity index (χ0n) is 19.0. The standard InChI is InChI=1S/C24H28N6O3/c1-16-7-8-29-22(17(2)25-23(29)13-16)15-27-9-11-28(12-10-27)24(31)18-3-6-20(26-19-4-5-19)21(14-18)30(32)33/h3,6-8,13-14,19,26H,4-5,9-12,15H2,1-2H3. The molecule has 1 aromatic carbocycles. The first kappa shape index (κ1) is 21.4. The highest BCUT2D eigenvalue weighted by atomic mass is 16.6. The molecule has 5 rings (SSSR count). The first-order valence-corrected chi connectivity index (χ1v) is 11.4. The van der Waals surface area contributed by atoms with Gasteiger partial charge in [-0.25, -0.2) is 4.98 Å². The maximum atomic E-state index is 13.1. The number of hydrogen-bond acceptors (Lipinski definition) is 6. The Balaban J connectivity index is 1.25. The van der Waals surface area contributed by atoms with Gasteiger partial charge in [0.2, 0.25) is 0 Å². The molecule has 0 radical (unpaired) electrons. The second-order valence-corrected chi connectivity index (χ2v) is 9.05. The van der Waals surface area contributed by atoms with Crippen molar-refractivity contribution in [3.8, 4) is 0 Å². The molecule has 1 amide bonds. The van der Waals surface area contributed by atoms with Gasteiger partial charge in [-0.3, -0.25) is 19.8 Å². The minimum absolute atomic E-state index is 0.0373. The third-order valence-corrected chi connectivity index (χ3v) is 6.49. The van der Waals surface area contributed by atoms with Gasteiger partial charge in [-0.05, 0) is 56.5 Å². The average Bonchev–Trinajstić information content (AvgIpc) is 3.56. The van der Waals surface area contributed by atoms with Crippen LogP contribution in [0.2, 0.25) is 0 Å². The molecular formula is C24H28N6O3. The summed E-state index contributed by atoms with van der Waals surface area (Å²) in [6.07, 6.45) is 4.11. The number of carbonyl (C=O) groups is 1. The van der Waals surface area contributed by atoms with Crippen molar-refractivity contribution in [3.05, 3.63) is 69.2 Å². The van der Waals surface area contributed by atoms with E-state index in [0.717, 1.165) is 43.8 Å². The lowest BCUT2D eigenvalue weighted by atomic mass is 10.1. The highest BCUT2D eigenvalue weighted by Gasteiger charge is 2.28. The fraction of sp³-hybridized carbons (Fsp3) is 0.417. The molecule has 1 saturated carbocycles. The molecule has 33 heavy (non-hydrogen) atoms. The van der Waals surface area contributed by atoms with Gasteiger partial charge in [0.05, 0.1) is 16.3 Å². The van der Waals surface area contributed by atoms with Crippen molar-refractivity contribution in [1.29, 1.82) is 0 Å². The summed E-state index contributed by atoms with van der Waals surface area (Å²) in [6.45, 7) is 7.53. The second-order valence-electron chi connectivity index (χ2n) is 9.05. The van der Waals surface area contributed by atoms with Crippen LogP contribution in [0.25, 0.3) is 5.65 Å². The molecule has 0 bridgehead atoms. The number of imidazole rings is 1. The molecule has 3 heterocycles. The minimum Gasteiger partial charge on any atom is -0.377 e. The number of fused-ring (bicyclic) bond motifs is 1. The summed E-state index contributed by atoms with van der Waals surface area (Å²) in [5, 5.41) is 14.7. The van der Waals surface area contributed by atoms with Gasteiger partial charge in [0.15, 0.2) is 0 Å². The third kappa shape index (κ3) is 4.41. The molecule has 1 aliphatic carbocycles. The Hall–Kier alpha value is -3.46. The van der Waals surface area contributed by atoms with Gasteiger partial charge in [-0.15, -0.1) is 0 Å². The van der Waals surface area contributed by atoms with Crippen LogP contribution in [0.1, 0.15) is 40.2 Å². The van der Waals surface area contributed by atoms with Crippen LogP contribution in [0.4, 0.5) is 11.4 Å². The number of rotatable bonds is 6. The monoisotopic (exact) mass is 448 g/mol. The molecule has 2 aliphatic rings. The van der Waals surface area contributed by atoms with Crippen LogP contribution in [0.15, 0.2) is 36.5 Å². The number of amides is 1. The Morgan fingerprint density at radius 3 is 2.61 bits per heavy atom. The van der Waals surface area contributed by atoms with Crippen molar-refractivity contribution in [2.75, 3.05) is 31.5 Å². The van der Waals surface area contributed by atoms with Crippen molar-refractivity contribution in [1.82, 2.24) is 19.2 Å². The lowest BCUT2D eigenvalue weighted by Crippen LogP contribution is -2.48. The highest BCUT2D eigenvalue weighted by molar-refractivity contribution is 5.95. The van der Waals surface area contributed by atoms with Crippen LogP contribution in [-0.2, 0) is 6.54 Å². The summed E-state index contributed by atoms with van der Waals surface area (Å²) < 4.78 is 2.14. The van der Waals surface area contributed by atoms with E-state index in [2.05, 4.69) is 44.9 Å². The molecule has 2 aromatic heterocycles. The molecule has 0 atom stereocenters. The van der Waals surface area contributed by atoms with Gasteiger partial charge in [-0.1, -0.05) is 0 Å².